The summed E-state index contributed by atoms with van der Waals surface area (Å²) >= 11 is 0. The van der Waals surface area contributed by atoms with Crippen LogP contribution in [-0.2, 0) is 18.9 Å². The molecule has 0 aromatic heterocycles. The van der Waals surface area contributed by atoms with Crippen molar-refractivity contribution in [2.45, 2.75) is 111 Å². The van der Waals surface area contributed by atoms with Gasteiger partial charge in [0.15, 0.2) is 12.6 Å². The fraction of sp³-hybridized carbons (Fsp3) is 1.00. The summed E-state index contributed by atoms with van der Waals surface area (Å²) in [5.41, 5.74) is 23.9. The molecule has 0 aromatic rings. The van der Waals surface area contributed by atoms with Crippen molar-refractivity contribution < 1.29 is 44.5 Å². The lowest BCUT2D eigenvalue weighted by molar-refractivity contribution is -0.314. The average molecular weight is 580 g/mol. The maximum Gasteiger partial charge on any atom is 0.186 e. The molecule has 1 saturated carbocycles. The van der Waals surface area contributed by atoms with E-state index in [0.29, 0.717) is 6.54 Å². The highest BCUT2D eigenvalue weighted by molar-refractivity contribution is 5.02. The van der Waals surface area contributed by atoms with E-state index in [4.69, 9.17) is 41.9 Å². The quantitative estimate of drug-likeness (QED) is 0.102. The van der Waals surface area contributed by atoms with Crippen molar-refractivity contribution in [1.82, 2.24) is 16.0 Å². The maximum atomic E-state index is 11.6. The summed E-state index contributed by atoms with van der Waals surface area (Å²) in [5.74, 6) is 0. The third kappa shape index (κ3) is 7.46. The summed E-state index contributed by atoms with van der Waals surface area (Å²) < 4.78 is 24.2. The molecule has 0 amide bonds. The van der Waals surface area contributed by atoms with Crippen LogP contribution in [0.15, 0.2) is 0 Å². The average Bonchev–Trinajstić information content (AvgIpc) is 2.93. The highest BCUT2D eigenvalue weighted by Crippen LogP contribution is 2.32. The first-order chi connectivity index (χ1) is 19.2. The van der Waals surface area contributed by atoms with Crippen LogP contribution in [0.5, 0.6) is 0 Å². The number of hydrogen-bond donors (Lipinski definition) is 12. The van der Waals surface area contributed by atoms with E-state index in [0.717, 1.165) is 25.9 Å². The molecule has 234 valence electrons. The van der Waals surface area contributed by atoms with Crippen LogP contribution >= 0.6 is 0 Å². The molecule has 0 radical (unpaired) electrons. The molecule has 4 aliphatic rings. The first-order valence-electron chi connectivity index (χ1n) is 14.2. The monoisotopic (exact) mass is 579 g/mol. The van der Waals surface area contributed by atoms with E-state index in [1.165, 1.54) is 0 Å². The number of aliphatic hydroxyl groups excluding tert-OH is 5. The van der Waals surface area contributed by atoms with Gasteiger partial charge < -0.3 is 83.4 Å². The minimum Gasteiger partial charge on any atom is -0.394 e. The van der Waals surface area contributed by atoms with E-state index in [1.807, 2.05) is 0 Å². The van der Waals surface area contributed by atoms with Gasteiger partial charge in [0.05, 0.1) is 30.9 Å². The SMILES string of the molecule is NCC(O)CN[C@@H]1C[C@H](N)C(O[C@H]2O[C@H](CN)CC[C@H]2NC2CNC2)[C@H](O)[C@H]1O[C@H]1O[C@H](CO)[C@@H](O)[C@H](N)[C@H]1O. The fourth-order valence-electron chi connectivity index (χ4n) is 5.73. The summed E-state index contributed by atoms with van der Waals surface area (Å²) in [6.45, 7) is 1.57. The zero-order chi connectivity index (χ0) is 29.0. The molecule has 3 aliphatic heterocycles. The molecular weight excluding hydrogens is 530 g/mol. The molecule has 1 aliphatic carbocycles. The van der Waals surface area contributed by atoms with Crippen LogP contribution in [0.4, 0.5) is 0 Å². The van der Waals surface area contributed by atoms with E-state index in [1.54, 1.807) is 0 Å². The Morgan fingerprint density at radius 1 is 0.925 bits per heavy atom. The topological polar surface area (TPSA) is 278 Å². The summed E-state index contributed by atoms with van der Waals surface area (Å²) in [5, 5.41) is 62.1. The van der Waals surface area contributed by atoms with Crippen LogP contribution in [0.25, 0.3) is 0 Å². The van der Waals surface area contributed by atoms with Crippen LogP contribution < -0.4 is 38.9 Å². The second kappa shape index (κ2) is 14.7. The molecule has 0 spiro atoms. The maximum absolute atomic E-state index is 11.6. The second-order valence-corrected chi connectivity index (χ2v) is 11.3. The van der Waals surface area contributed by atoms with Gasteiger partial charge in [-0.2, -0.15) is 0 Å². The predicted octanol–water partition coefficient (Wildman–Crippen LogP) is -6.71. The Hall–Kier alpha value is -0.640. The molecule has 40 heavy (non-hydrogen) atoms. The van der Waals surface area contributed by atoms with Crippen molar-refractivity contribution in [2.24, 2.45) is 22.9 Å². The van der Waals surface area contributed by atoms with Gasteiger partial charge in [-0.15, -0.1) is 0 Å². The largest absolute Gasteiger partial charge is 0.394 e. The highest BCUT2D eigenvalue weighted by atomic mass is 16.7. The number of ether oxygens (including phenoxy) is 4. The van der Waals surface area contributed by atoms with Crippen molar-refractivity contribution in [2.75, 3.05) is 39.3 Å². The first-order valence-corrected chi connectivity index (χ1v) is 14.2. The highest BCUT2D eigenvalue weighted by Gasteiger charge is 2.51. The summed E-state index contributed by atoms with van der Waals surface area (Å²) in [6.07, 6.45) is -8.51. The van der Waals surface area contributed by atoms with Gasteiger partial charge in [-0.3, -0.25) is 0 Å². The molecule has 16 nitrogen and oxygen atoms in total. The molecular formula is C24H49N7O9. The van der Waals surface area contributed by atoms with Gasteiger partial charge in [-0.05, 0) is 19.3 Å². The Morgan fingerprint density at radius 2 is 1.65 bits per heavy atom. The Bertz CT molecular complexity index is 772. The standard InChI is InChI=1S/C24H49N7O9/c25-4-11(33)8-30-15-3-13(27)21(39-23-14(31-10-6-29-7-10)2-1-12(5-26)37-23)20(36)22(15)40-24-19(35)17(28)18(34)16(9-32)38-24/h10-24,29-36H,1-9,25-28H2/t11?,12-,13-,14+,15+,16+,17-,18+,19+,20-,21?,22-,23+,24+/m0/s1. The summed E-state index contributed by atoms with van der Waals surface area (Å²) in [6, 6.07) is -2.27. The van der Waals surface area contributed by atoms with Crippen molar-refractivity contribution in [1.29, 1.82) is 0 Å². The Kier molecular flexibility index (Phi) is 11.9. The Balaban J connectivity index is 1.51. The predicted molar refractivity (Wildman–Crippen MR) is 141 cm³/mol. The zero-order valence-corrected chi connectivity index (χ0v) is 22.7. The smallest absolute Gasteiger partial charge is 0.186 e. The third-order valence-corrected chi connectivity index (χ3v) is 8.37. The molecule has 2 unspecified atom stereocenters. The van der Waals surface area contributed by atoms with Crippen LogP contribution in [0.3, 0.4) is 0 Å². The van der Waals surface area contributed by atoms with Crippen LogP contribution in [0.2, 0.25) is 0 Å². The fourth-order valence-corrected chi connectivity index (χ4v) is 5.73. The molecule has 3 heterocycles. The van der Waals surface area contributed by atoms with Gasteiger partial charge in [0.25, 0.3) is 0 Å². The van der Waals surface area contributed by atoms with Gasteiger partial charge in [-0.25, -0.2) is 0 Å². The second-order valence-electron chi connectivity index (χ2n) is 11.3. The molecule has 4 rings (SSSR count). The third-order valence-electron chi connectivity index (χ3n) is 8.37. The van der Waals surface area contributed by atoms with Crippen molar-refractivity contribution in [3.63, 3.8) is 0 Å². The van der Waals surface area contributed by atoms with E-state index in [2.05, 4.69) is 16.0 Å². The first kappa shape index (κ1) is 32.3. The van der Waals surface area contributed by atoms with Crippen molar-refractivity contribution in [3.05, 3.63) is 0 Å². The van der Waals surface area contributed by atoms with E-state index in [9.17, 15) is 25.5 Å². The number of aliphatic hydroxyl groups is 5. The van der Waals surface area contributed by atoms with Gasteiger partial charge in [0.1, 0.15) is 36.6 Å². The molecule has 16 N–H and O–H groups in total. The normalized spacial score (nSPS) is 45.7. The molecule has 4 fully saturated rings. The Morgan fingerprint density at radius 3 is 2.27 bits per heavy atom. The Labute approximate surface area is 234 Å². The van der Waals surface area contributed by atoms with Crippen LogP contribution in [0.1, 0.15) is 19.3 Å². The molecule has 16 heteroatoms. The number of hydrogen-bond acceptors (Lipinski definition) is 16. The minimum absolute atomic E-state index is 0.0210. The van der Waals surface area contributed by atoms with E-state index < -0.39 is 80.0 Å². The minimum atomic E-state index is -1.45. The van der Waals surface area contributed by atoms with Gasteiger partial charge in [-0.1, -0.05) is 0 Å². The number of rotatable bonds is 12. The number of nitrogens with one attached hydrogen (secondary N) is 3. The molecule has 0 aromatic carbocycles. The summed E-state index contributed by atoms with van der Waals surface area (Å²) in [4.78, 5) is 0. The van der Waals surface area contributed by atoms with Gasteiger partial charge >= 0.3 is 0 Å². The van der Waals surface area contributed by atoms with Crippen LogP contribution in [-0.4, -0.2) is 156 Å². The molecule has 14 atom stereocenters. The molecule has 0 bridgehead atoms. The van der Waals surface area contributed by atoms with Crippen LogP contribution in [0, 0.1) is 0 Å². The van der Waals surface area contributed by atoms with Crippen molar-refractivity contribution in [3.8, 4) is 0 Å². The van der Waals surface area contributed by atoms with Gasteiger partial charge in [0, 0.05) is 50.8 Å². The molecule has 3 saturated heterocycles. The lowest BCUT2D eigenvalue weighted by Gasteiger charge is -2.49. The van der Waals surface area contributed by atoms with Gasteiger partial charge in [0.2, 0.25) is 0 Å². The van der Waals surface area contributed by atoms with E-state index in [-0.39, 0.29) is 37.7 Å². The zero-order valence-electron chi connectivity index (χ0n) is 22.7. The summed E-state index contributed by atoms with van der Waals surface area (Å²) in [7, 11) is 0. The lowest BCUT2D eigenvalue weighted by Crippen LogP contribution is -2.69. The van der Waals surface area contributed by atoms with E-state index >= 15 is 0 Å². The van der Waals surface area contributed by atoms with Crippen molar-refractivity contribution >= 4 is 0 Å². The lowest BCUT2D eigenvalue weighted by atomic mass is 9.83. The number of nitrogens with two attached hydrogens (primary N) is 4.